The molecule has 0 N–H and O–H groups in total. The molecule has 1 heterocycles. The highest BCUT2D eigenvalue weighted by Crippen LogP contribution is 2.29. The highest BCUT2D eigenvalue weighted by Gasteiger charge is 2.29. The highest BCUT2D eigenvalue weighted by atomic mass is 35.5. The number of halogens is 4. The number of methoxy groups -OCH3 is 1. The molecule has 7 heteroatoms. The van der Waals surface area contributed by atoms with Gasteiger partial charge in [-0.3, -0.25) is 0 Å². The first-order chi connectivity index (χ1) is 10.8. The van der Waals surface area contributed by atoms with Gasteiger partial charge in [-0.05, 0) is 42.1 Å². The molecule has 0 aliphatic rings. The van der Waals surface area contributed by atoms with Gasteiger partial charge < -0.3 is 9.30 Å². The molecule has 122 valence electrons. The number of nitrogens with zero attached hydrogens (tertiary/aromatic N) is 2. The summed E-state index contributed by atoms with van der Waals surface area (Å²) < 4.78 is 44.2. The topological polar surface area (TPSA) is 27.1 Å². The second kappa shape index (κ2) is 7.07. The van der Waals surface area contributed by atoms with E-state index in [4.69, 9.17) is 16.3 Å². The van der Waals surface area contributed by atoms with E-state index in [1.54, 1.807) is 11.5 Å². The predicted molar refractivity (Wildman–Crippen MR) is 81.3 cm³/mol. The van der Waals surface area contributed by atoms with Crippen LogP contribution in [0.25, 0.3) is 0 Å². The summed E-state index contributed by atoms with van der Waals surface area (Å²) in [6.07, 6.45) is -4.34. The van der Waals surface area contributed by atoms with Crippen molar-refractivity contribution in [3.63, 3.8) is 0 Å². The maximum atomic E-state index is 12.6. The van der Waals surface area contributed by atoms with E-state index in [2.05, 4.69) is 16.8 Å². The van der Waals surface area contributed by atoms with Crippen molar-refractivity contribution < 1.29 is 17.9 Å². The molecule has 0 saturated carbocycles. The van der Waals surface area contributed by atoms with Gasteiger partial charge in [0.05, 0.1) is 17.8 Å². The summed E-state index contributed by atoms with van der Waals surface area (Å²) in [5.74, 6) is 5.64. The Kier molecular flexibility index (Phi) is 5.34. The number of hydrogen-bond donors (Lipinski definition) is 0. The van der Waals surface area contributed by atoms with Gasteiger partial charge in [0.25, 0.3) is 0 Å². The third-order valence-corrected chi connectivity index (χ3v) is 3.51. The molecule has 0 amide bonds. The summed E-state index contributed by atoms with van der Waals surface area (Å²) in [6, 6.07) is 4.95. The van der Waals surface area contributed by atoms with Crippen molar-refractivity contribution in [2.75, 3.05) is 13.7 Å². The quantitative estimate of drug-likeness (QED) is 0.791. The lowest BCUT2D eigenvalue weighted by atomic mass is 10.1. The van der Waals surface area contributed by atoms with Crippen LogP contribution in [0.1, 0.15) is 22.5 Å². The number of alkyl halides is 3. The molecule has 1 aromatic heterocycles. The summed E-state index contributed by atoms with van der Waals surface area (Å²) in [6.45, 7) is 2.41. The molecule has 0 saturated heterocycles. The van der Waals surface area contributed by atoms with E-state index >= 15 is 0 Å². The zero-order chi connectivity index (χ0) is 17.0. The van der Waals surface area contributed by atoms with E-state index in [1.165, 1.54) is 19.2 Å². The normalized spacial score (nSPS) is 11.2. The Morgan fingerprint density at radius 3 is 2.48 bits per heavy atom. The van der Waals surface area contributed by atoms with E-state index in [0.29, 0.717) is 17.8 Å². The van der Waals surface area contributed by atoms with Gasteiger partial charge in [0.2, 0.25) is 5.28 Å². The van der Waals surface area contributed by atoms with Crippen LogP contribution >= 0.6 is 11.6 Å². The molecule has 0 fully saturated rings. The van der Waals surface area contributed by atoms with E-state index in [-0.39, 0.29) is 11.9 Å². The lowest BCUT2D eigenvalue weighted by molar-refractivity contribution is -0.137. The van der Waals surface area contributed by atoms with Crippen molar-refractivity contribution in [1.82, 2.24) is 9.55 Å². The molecule has 3 nitrogen and oxygen atoms in total. The van der Waals surface area contributed by atoms with Gasteiger partial charge in [-0.2, -0.15) is 13.2 Å². The minimum Gasteiger partial charge on any atom is -0.372 e. The first-order valence-electron chi connectivity index (χ1n) is 6.69. The van der Waals surface area contributed by atoms with Gasteiger partial charge in [0.1, 0.15) is 12.3 Å². The lowest BCUT2D eigenvalue weighted by Crippen LogP contribution is -2.06. The fraction of sp³-hybridized carbons (Fsp3) is 0.312. The number of hydrogen-bond acceptors (Lipinski definition) is 2. The zero-order valence-corrected chi connectivity index (χ0v) is 13.3. The van der Waals surface area contributed by atoms with Gasteiger partial charge in [0, 0.05) is 7.11 Å². The Bertz CT molecular complexity index is 740. The van der Waals surface area contributed by atoms with Crippen LogP contribution < -0.4 is 0 Å². The fourth-order valence-electron chi connectivity index (χ4n) is 1.98. The molecule has 23 heavy (non-hydrogen) atoms. The van der Waals surface area contributed by atoms with Gasteiger partial charge >= 0.3 is 6.18 Å². The summed E-state index contributed by atoms with van der Waals surface area (Å²) >= 11 is 6.09. The summed E-state index contributed by atoms with van der Waals surface area (Å²) in [5.41, 5.74) is 1.29. The molecule has 0 spiro atoms. The number of imidazole rings is 1. The van der Waals surface area contributed by atoms with Gasteiger partial charge in [0.15, 0.2) is 0 Å². The minimum absolute atomic E-state index is 0.240. The standard InChI is InChI=1S/C16H14ClF3N2O/c1-11-14(4-3-9-23-2)21-15(17)22(11)10-12-5-7-13(8-6-12)16(18,19)20/h5-8H,9-10H2,1-2H3. The SMILES string of the molecule is COCC#Cc1nc(Cl)n(Cc2ccc(C(F)(F)F)cc2)c1C. The zero-order valence-electron chi connectivity index (χ0n) is 12.5. The first-order valence-corrected chi connectivity index (χ1v) is 7.07. The number of ether oxygens (including phenoxy) is 1. The average molecular weight is 343 g/mol. The van der Waals surface area contributed by atoms with Crippen LogP contribution in [-0.4, -0.2) is 23.3 Å². The lowest BCUT2D eigenvalue weighted by Gasteiger charge is -2.09. The van der Waals surface area contributed by atoms with Crippen molar-refractivity contribution in [2.24, 2.45) is 0 Å². The molecule has 0 bridgehead atoms. The Morgan fingerprint density at radius 1 is 1.26 bits per heavy atom. The Balaban J connectivity index is 2.22. The van der Waals surface area contributed by atoms with Gasteiger partial charge in [-0.25, -0.2) is 4.98 Å². The van der Waals surface area contributed by atoms with Gasteiger partial charge in [-0.15, -0.1) is 0 Å². The molecule has 2 aromatic rings. The Morgan fingerprint density at radius 2 is 1.91 bits per heavy atom. The van der Waals surface area contributed by atoms with E-state index < -0.39 is 11.7 Å². The highest BCUT2D eigenvalue weighted by molar-refractivity contribution is 6.28. The summed E-state index contributed by atoms with van der Waals surface area (Å²) in [4.78, 5) is 4.15. The average Bonchev–Trinajstić information content (AvgIpc) is 2.75. The van der Waals surface area contributed by atoms with Crippen LogP contribution in [0.2, 0.25) is 5.28 Å². The molecule has 1 aromatic carbocycles. The van der Waals surface area contributed by atoms with Crippen LogP contribution in [0, 0.1) is 18.8 Å². The molecular formula is C16H14ClF3N2O. The van der Waals surface area contributed by atoms with Crippen LogP contribution in [0.3, 0.4) is 0 Å². The van der Waals surface area contributed by atoms with E-state index in [1.807, 2.05) is 0 Å². The Labute approximate surface area is 137 Å². The van der Waals surface area contributed by atoms with Crippen molar-refractivity contribution in [2.45, 2.75) is 19.6 Å². The molecule has 0 unspecified atom stereocenters. The molecule has 2 rings (SSSR count). The van der Waals surface area contributed by atoms with Crippen LogP contribution in [-0.2, 0) is 17.5 Å². The van der Waals surface area contributed by atoms with Gasteiger partial charge in [-0.1, -0.05) is 18.1 Å². The third kappa shape index (κ3) is 4.27. The maximum Gasteiger partial charge on any atom is 0.416 e. The molecule has 0 aliphatic heterocycles. The van der Waals surface area contributed by atoms with Crippen LogP contribution in [0.15, 0.2) is 24.3 Å². The maximum absolute atomic E-state index is 12.6. The molecule has 0 atom stereocenters. The fourth-order valence-corrected chi connectivity index (χ4v) is 2.25. The van der Waals surface area contributed by atoms with Crippen molar-refractivity contribution in [3.05, 3.63) is 52.1 Å². The minimum atomic E-state index is -4.34. The number of rotatable bonds is 3. The number of aromatic nitrogens is 2. The smallest absolute Gasteiger partial charge is 0.372 e. The summed E-state index contributed by atoms with van der Waals surface area (Å²) in [5, 5.41) is 0.240. The number of benzene rings is 1. The third-order valence-electron chi connectivity index (χ3n) is 3.22. The van der Waals surface area contributed by atoms with E-state index in [9.17, 15) is 13.2 Å². The predicted octanol–water partition coefficient (Wildman–Crippen LogP) is 3.91. The second-order valence-electron chi connectivity index (χ2n) is 4.83. The summed E-state index contributed by atoms with van der Waals surface area (Å²) in [7, 11) is 1.54. The van der Waals surface area contributed by atoms with Crippen LogP contribution in [0.4, 0.5) is 13.2 Å². The van der Waals surface area contributed by atoms with Crippen LogP contribution in [0.5, 0.6) is 0 Å². The second-order valence-corrected chi connectivity index (χ2v) is 5.17. The molecule has 0 aliphatic carbocycles. The van der Waals surface area contributed by atoms with Crippen molar-refractivity contribution in [1.29, 1.82) is 0 Å². The largest absolute Gasteiger partial charge is 0.416 e. The first kappa shape index (κ1) is 17.4. The van der Waals surface area contributed by atoms with Crippen molar-refractivity contribution >= 4 is 11.6 Å². The van der Waals surface area contributed by atoms with E-state index in [0.717, 1.165) is 17.8 Å². The monoisotopic (exact) mass is 342 g/mol. The Hall–Kier alpha value is -1.97. The molecular weight excluding hydrogens is 329 g/mol. The van der Waals surface area contributed by atoms with Crippen molar-refractivity contribution in [3.8, 4) is 11.8 Å². The molecule has 0 radical (unpaired) electrons.